The summed E-state index contributed by atoms with van der Waals surface area (Å²) in [5.74, 6) is 0.144. The molecule has 1 amide bonds. The first-order valence-electron chi connectivity index (χ1n) is 10.9. The fraction of sp³-hybridized carbons (Fsp3) is 0.480. The Balaban J connectivity index is 2.22. The van der Waals surface area contributed by atoms with E-state index in [2.05, 4.69) is 33.9 Å². The van der Waals surface area contributed by atoms with Crippen LogP contribution in [-0.2, 0) is 4.43 Å². The Kier molecular flexibility index (Phi) is 9.20. The first-order valence-corrected chi connectivity index (χ1v) is 14.6. The Morgan fingerprint density at radius 3 is 2.26 bits per heavy atom. The van der Waals surface area contributed by atoms with E-state index in [9.17, 15) is 4.79 Å². The molecule has 0 unspecified atom stereocenters. The van der Waals surface area contributed by atoms with Crippen LogP contribution in [0.4, 0.5) is 0 Å². The lowest BCUT2D eigenvalue weighted by Crippen LogP contribution is -2.41. The van der Waals surface area contributed by atoms with E-state index in [0.717, 1.165) is 12.0 Å². The monoisotopic (exact) mass is 479 g/mol. The average molecular weight is 481 g/mol. The van der Waals surface area contributed by atoms with Gasteiger partial charge in [-0.1, -0.05) is 68.2 Å². The van der Waals surface area contributed by atoms with Crippen molar-refractivity contribution < 1.29 is 9.22 Å². The lowest BCUT2D eigenvalue weighted by Gasteiger charge is -2.37. The number of hydrogen-bond donors (Lipinski definition) is 0. The summed E-state index contributed by atoms with van der Waals surface area (Å²) in [4.78, 5) is 15.0. The highest BCUT2D eigenvalue weighted by atomic mass is 35.5. The lowest BCUT2D eigenvalue weighted by atomic mass is 9.95. The Labute approximate surface area is 198 Å². The predicted molar refractivity (Wildman–Crippen MR) is 135 cm³/mol. The lowest BCUT2D eigenvalue weighted by molar-refractivity contribution is 0.0748. The van der Waals surface area contributed by atoms with Gasteiger partial charge < -0.3 is 9.33 Å². The van der Waals surface area contributed by atoms with Crippen molar-refractivity contribution >= 4 is 37.4 Å². The molecule has 31 heavy (non-hydrogen) atoms. The molecule has 0 saturated heterocycles. The van der Waals surface area contributed by atoms with Gasteiger partial charge in [0.25, 0.3) is 5.91 Å². The van der Waals surface area contributed by atoms with Gasteiger partial charge in [0.2, 0.25) is 0 Å². The van der Waals surface area contributed by atoms with E-state index in [1.165, 1.54) is 0 Å². The topological polar surface area (TPSA) is 29.5 Å². The molecule has 1 atom stereocenters. The number of hydrogen-bond acceptors (Lipinski definition) is 2. The van der Waals surface area contributed by atoms with Crippen LogP contribution in [0.3, 0.4) is 0 Å². The normalized spacial score (nSPS) is 13.2. The van der Waals surface area contributed by atoms with Gasteiger partial charge in [-0.15, -0.1) is 0 Å². The van der Waals surface area contributed by atoms with E-state index < -0.39 is 8.32 Å². The number of benzene rings is 2. The van der Waals surface area contributed by atoms with Crippen LogP contribution in [0.5, 0.6) is 0 Å². The van der Waals surface area contributed by atoms with Gasteiger partial charge >= 0.3 is 0 Å². The number of rotatable bonds is 9. The molecule has 0 fully saturated rings. The number of carbonyl (C=O) groups excluding carboxylic acids is 1. The smallest absolute Gasteiger partial charge is 0.253 e. The molecule has 0 N–H and O–H groups in total. The Morgan fingerprint density at radius 2 is 1.71 bits per heavy atom. The van der Waals surface area contributed by atoms with E-state index in [1.54, 1.807) is 0 Å². The third-order valence-electron chi connectivity index (χ3n) is 6.28. The molecule has 0 radical (unpaired) electrons. The van der Waals surface area contributed by atoms with Crippen LogP contribution < -0.4 is 0 Å². The van der Waals surface area contributed by atoms with Crippen LogP contribution in [0.1, 0.15) is 56.0 Å². The summed E-state index contributed by atoms with van der Waals surface area (Å²) in [6.07, 6.45) is 0.809. The van der Waals surface area contributed by atoms with Gasteiger partial charge in [-0.3, -0.25) is 4.79 Å². The van der Waals surface area contributed by atoms with E-state index in [-0.39, 0.29) is 16.9 Å². The number of halogens is 2. The summed E-state index contributed by atoms with van der Waals surface area (Å²) in [7, 11) is -1.84. The summed E-state index contributed by atoms with van der Waals surface area (Å²) >= 11 is 12.5. The molecule has 0 saturated carbocycles. The molecule has 0 aliphatic carbocycles. The molecule has 0 aliphatic heterocycles. The number of carbonyl (C=O) groups is 1. The van der Waals surface area contributed by atoms with Gasteiger partial charge in [-0.25, -0.2) is 0 Å². The highest BCUT2D eigenvalue weighted by Gasteiger charge is 2.37. The zero-order chi connectivity index (χ0) is 23.2. The highest BCUT2D eigenvalue weighted by Crippen LogP contribution is 2.37. The largest absolute Gasteiger partial charge is 0.417 e. The van der Waals surface area contributed by atoms with Gasteiger partial charge in [0.1, 0.15) is 0 Å². The molecular weight excluding hydrogens is 445 g/mol. The van der Waals surface area contributed by atoms with Crippen LogP contribution in [0.2, 0.25) is 28.2 Å². The van der Waals surface area contributed by atoms with Crippen molar-refractivity contribution in [2.75, 3.05) is 19.7 Å². The third kappa shape index (κ3) is 7.08. The van der Waals surface area contributed by atoms with Crippen LogP contribution in [0.25, 0.3) is 0 Å². The highest BCUT2D eigenvalue weighted by molar-refractivity contribution is 6.74. The Hall–Kier alpha value is -1.33. The van der Waals surface area contributed by atoms with Gasteiger partial charge in [0.15, 0.2) is 8.32 Å². The summed E-state index contributed by atoms with van der Waals surface area (Å²) in [5, 5.41) is 1.23. The van der Waals surface area contributed by atoms with Gasteiger partial charge in [-0.05, 0) is 61.3 Å². The fourth-order valence-corrected chi connectivity index (χ4v) is 4.56. The first kappa shape index (κ1) is 25.9. The Bertz CT molecular complexity index is 866. The zero-order valence-electron chi connectivity index (χ0n) is 19.5. The second-order valence-corrected chi connectivity index (χ2v) is 15.1. The quantitative estimate of drug-likeness (QED) is 0.345. The molecule has 0 bridgehead atoms. The van der Waals surface area contributed by atoms with Gasteiger partial charge in [0.05, 0.1) is 10.0 Å². The van der Waals surface area contributed by atoms with Crippen LogP contribution in [-0.4, -0.2) is 38.8 Å². The minimum Gasteiger partial charge on any atom is -0.417 e. The van der Waals surface area contributed by atoms with E-state index in [1.807, 2.05) is 60.4 Å². The fourth-order valence-electron chi connectivity index (χ4n) is 3.19. The van der Waals surface area contributed by atoms with Crippen molar-refractivity contribution in [1.29, 1.82) is 0 Å². The minimum absolute atomic E-state index is 0.0403. The minimum atomic E-state index is -1.84. The second kappa shape index (κ2) is 11.0. The van der Waals surface area contributed by atoms with Crippen molar-refractivity contribution in [1.82, 2.24) is 4.90 Å². The zero-order valence-corrected chi connectivity index (χ0v) is 22.1. The SMILES string of the molecule is CCN(C[C@@H](CCO[Si](C)(C)C(C)(C)C)c1ccc(Cl)c(Cl)c1)C(=O)c1ccccc1. The summed E-state index contributed by atoms with van der Waals surface area (Å²) in [6.45, 7) is 15.2. The molecular formula is C25H35Cl2NO2Si. The summed E-state index contributed by atoms with van der Waals surface area (Å²) in [5.41, 5.74) is 1.78. The predicted octanol–water partition coefficient (Wildman–Crippen LogP) is 7.65. The molecule has 0 spiro atoms. The first-order chi connectivity index (χ1) is 14.5. The van der Waals surface area contributed by atoms with Gasteiger partial charge in [-0.2, -0.15) is 0 Å². The molecule has 0 aromatic heterocycles. The van der Waals surface area contributed by atoms with Crippen molar-refractivity contribution in [2.45, 2.75) is 58.2 Å². The molecule has 0 heterocycles. The number of amides is 1. The van der Waals surface area contributed by atoms with E-state index in [4.69, 9.17) is 27.6 Å². The van der Waals surface area contributed by atoms with Crippen LogP contribution in [0.15, 0.2) is 48.5 Å². The Morgan fingerprint density at radius 1 is 1.06 bits per heavy atom. The van der Waals surface area contributed by atoms with Crippen molar-refractivity contribution in [3.05, 3.63) is 69.7 Å². The van der Waals surface area contributed by atoms with E-state index in [0.29, 0.717) is 35.3 Å². The third-order valence-corrected chi connectivity index (χ3v) is 11.6. The molecule has 2 aromatic rings. The van der Waals surface area contributed by atoms with Crippen LogP contribution >= 0.6 is 23.2 Å². The van der Waals surface area contributed by atoms with E-state index >= 15 is 0 Å². The number of nitrogens with zero attached hydrogens (tertiary/aromatic N) is 1. The second-order valence-electron chi connectivity index (χ2n) is 9.48. The molecule has 2 rings (SSSR count). The molecule has 3 nitrogen and oxygen atoms in total. The maximum atomic E-state index is 13.1. The molecule has 6 heteroatoms. The molecule has 2 aromatic carbocycles. The molecule has 0 aliphatic rings. The van der Waals surface area contributed by atoms with Crippen molar-refractivity contribution in [2.24, 2.45) is 0 Å². The van der Waals surface area contributed by atoms with Gasteiger partial charge in [0, 0.05) is 31.2 Å². The standard InChI is InChI=1S/C25H35Cl2NO2Si/c1-7-28(24(29)19-11-9-8-10-12-19)18-21(20-13-14-22(26)23(27)17-20)15-16-30-31(5,6)25(2,3)4/h8-14,17,21H,7,15-16,18H2,1-6H3/t21-/m1/s1. The summed E-state index contributed by atoms with van der Waals surface area (Å²) in [6, 6.07) is 15.2. The van der Waals surface area contributed by atoms with Crippen molar-refractivity contribution in [3.8, 4) is 0 Å². The number of likely N-dealkylation sites (N-methyl/N-ethyl adjacent to an activating group) is 1. The molecule has 170 valence electrons. The maximum absolute atomic E-state index is 13.1. The summed E-state index contributed by atoms with van der Waals surface area (Å²) < 4.78 is 6.44. The average Bonchev–Trinajstić information content (AvgIpc) is 2.72. The van der Waals surface area contributed by atoms with Crippen LogP contribution in [0, 0.1) is 0 Å². The van der Waals surface area contributed by atoms with Crippen molar-refractivity contribution in [3.63, 3.8) is 0 Å². The maximum Gasteiger partial charge on any atom is 0.253 e.